The summed E-state index contributed by atoms with van der Waals surface area (Å²) in [4.78, 5) is 0. The van der Waals surface area contributed by atoms with E-state index in [9.17, 15) is 0 Å². The van der Waals surface area contributed by atoms with Crippen molar-refractivity contribution in [1.29, 1.82) is 0 Å². The van der Waals surface area contributed by atoms with Gasteiger partial charge in [0.1, 0.15) is 18.1 Å². The van der Waals surface area contributed by atoms with E-state index in [0.717, 1.165) is 43.1 Å². The quantitative estimate of drug-likeness (QED) is 0.705. The largest absolute Gasteiger partial charge is 0.494 e. The van der Waals surface area contributed by atoms with Gasteiger partial charge in [-0.2, -0.15) is 0 Å². The van der Waals surface area contributed by atoms with Crippen molar-refractivity contribution >= 4 is 0 Å². The van der Waals surface area contributed by atoms with E-state index in [1.165, 1.54) is 0 Å². The molecule has 0 radical (unpaired) electrons. The fraction of sp³-hybridized carbons (Fsp3) is 0.571. The Labute approximate surface area is 104 Å². The van der Waals surface area contributed by atoms with E-state index in [1.807, 2.05) is 32.2 Å². The highest BCUT2D eigenvalue weighted by molar-refractivity contribution is 5.39. The van der Waals surface area contributed by atoms with Gasteiger partial charge < -0.3 is 14.8 Å². The highest BCUT2D eigenvalue weighted by Crippen LogP contribution is 2.23. The first-order valence-corrected chi connectivity index (χ1v) is 6.28. The van der Waals surface area contributed by atoms with E-state index >= 15 is 0 Å². The third-order valence-electron chi connectivity index (χ3n) is 2.52. The Morgan fingerprint density at radius 3 is 2.65 bits per heavy atom. The van der Waals surface area contributed by atoms with Gasteiger partial charge in [0.05, 0.1) is 6.61 Å². The van der Waals surface area contributed by atoms with Gasteiger partial charge in [0.15, 0.2) is 0 Å². The molecule has 0 spiro atoms. The van der Waals surface area contributed by atoms with Crippen LogP contribution in [-0.2, 0) is 0 Å². The summed E-state index contributed by atoms with van der Waals surface area (Å²) in [6.07, 6.45) is 2.25. The first kappa shape index (κ1) is 13.8. The zero-order chi connectivity index (χ0) is 12.5. The molecule has 0 aromatic heterocycles. The van der Waals surface area contributed by atoms with Crippen LogP contribution in [0.1, 0.15) is 25.3 Å². The average molecular weight is 237 g/mol. The summed E-state index contributed by atoms with van der Waals surface area (Å²) in [5, 5.41) is 3.05. The van der Waals surface area contributed by atoms with Crippen LogP contribution in [0, 0.1) is 6.92 Å². The van der Waals surface area contributed by atoms with Crippen molar-refractivity contribution in [2.24, 2.45) is 0 Å². The molecule has 0 amide bonds. The summed E-state index contributed by atoms with van der Waals surface area (Å²) >= 11 is 0. The summed E-state index contributed by atoms with van der Waals surface area (Å²) < 4.78 is 11.3. The summed E-state index contributed by atoms with van der Waals surface area (Å²) in [6.45, 7) is 6.53. The predicted molar refractivity (Wildman–Crippen MR) is 71.0 cm³/mol. The fourth-order valence-electron chi connectivity index (χ4n) is 1.47. The highest BCUT2D eigenvalue weighted by atomic mass is 16.5. The van der Waals surface area contributed by atoms with E-state index in [2.05, 4.69) is 12.2 Å². The molecule has 0 unspecified atom stereocenters. The molecule has 0 bridgehead atoms. The lowest BCUT2D eigenvalue weighted by molar-refractivity contribution is 0.303. The minimum Gasteiger partial charge on any atom is -0.494 e. The van der Waals surface area contributed by atoms with Crippen molar-refractivity contribution in [1.82, 2.24) is 5.32 Å². The summed E-state index contributed by atoms with van der Waals surface area (Å²) in [7, 11) is 1.92. The van der Waals surface area contributed by atoms with Gasteiger partial charge in [-0.25, -0.2) is 0 Å². The first-order chi connectivity index (χ1) is 8.27. The molecule has 3 heteroatoms. The standard InChI is InChI=1S/C14H23NO2/c1-4-5-9-16-13-6-7-14(12(2)11-13)17-10-8-15-3/h6-7,11,15H,4-5,8-10H2,1-3H3. The van der Waals surface area contributed by atoms with E-state index in [1.54, 1.807) is 0 Å². The lowest BCUT2D eigenvalue weighted by atomic mass is 10.2. The maximum Gasteiger partial charge on any atom is 0.122 e. The number of ether oxygens (including phenoxy) is 2. The molecule has 0 saturated carbocycles. The van der Waals surface area contributed by atoms with Gasteiger partial charge in [0.2, 0.25) is 0 Å². The van der Waals surface area contributed by atoms with Gasteiger partial charge in [-0.1, -0.05) is 13.3 Å². The van der Waals surface area contributed by atoms with E-state index < -0.39 is 0 Å². The Bertz CT molecular complexity index is 326. The molecule has 3 nitrogen and oxygen atoms in total. The van der Waals surface area contributed by atoms with Crippen LogP contribution in [0.3, 0.4) is 0 Å². The molecule has 0 atom stereocenters. The van der Waals surface area contributed by atoms with Gasteiger partial charge in [0, 0.05) is 6.54 Å². The van der Waals surface area contributed by atoms with Crippen molar-refractivity contribution in [2.45, 2.75) is 26.7 Å². The molecule has 0 fully saturated rings. The summed E-state index contributed by atoms with van der Waals surface area (Å²) in [6, 6.07) is 5.98. The Hall–Kier alpha value is -1.22. The zero-order valence-corrected chi connectivity index (χ0v) is 11.1. The van der Waals surface area contributed by atoms with Crippen LogP contribution in [0.25, 0.3) is 0 Å². The van der Waals surface area contributed by atoms with Crippen LogP contribution in [0.5, 0.6) is 11.5 Å². The molecule has 96 valence electrons. The molecule has 1 rings (SSSR count). The van der Waals surface area contributed by atoms with Gasteiger partial charge in [-0.3, -0.25) is 0 Å². The van der Waals surface area contributed by atoms with E-state index in [4.69, 9.17) is 9.47 Å². The van der Waals surface area contributed by atoms with E-state index in [-0.39, 0.29) is 0 Å². The molecule has 17 heavy (non-hydrogen) atoms. The number of unbranched alkanes of at least 4 members (excludes halogenated alkanes) is 1. The number of hydrogen-bond donors (Lipinski definition) is 1. The lowest BCUT2D eigenvalue weighted by Crippen LogP contribution is -2.16. The summed E-state index contributed by atoms with van der Waals surface area (Å²) in [5.41, 5.74) is 1.12. The number of hydrogen-bond acceptors (Lipinski definition) is 3. The molecule has 0 aliphatic heterocycles. The fourth-order valence-corrected chi connectivity index (χ4v) is 1.47. The number of aryl methyl sites for hydroxylation is 1. The predicted octanol–water partition coefficient (Wildman–Crippen LogP) is 2.77. The van der Waals surface area contributed by atoms with Crippen molar-refractivity contribution in [3.8, 4) is 11.5 Å². The Balaban J connectivity index is 2.47. The Kier molecular flexibility index (Phi) is 6.48. The van der Waals surface area contributed by atoms with Crippen LogP contribution in [0.4, 0.5) is 0 Å². The smallest absolute Gasteiger partial charge is 0.122 e. The van der Waals surface area contributed by atoms with Crippen molar-refractivity contribution in [3.05, 3.63) is 23.8 Å². The third-order valence-corrected chi connectivity index (χ3v) is 2.52. The molecule has 0 saturated heterocycles. The second-order valence-electron chi connectivity index (χ2n) is 4.08. The monoisotopic (exact) mass is 237 g/mol. The Morgan fingerprint density at radius 1 is 1.18 bits per heavy atom. The Morgan fingerprint density at radius 2 is 2.00 bits per heavy atom. The minimum atomic E-state index is 0.688. The second kappa shape index (κ2) is 7.96. The zero-order valence-electron chi connectivity index (χ0n) is 11.1. The van der Waals surface area contributed by atoms with Gasteiger partial charge >= 0.3 is 0 Å². The second-order valence-corrected chi connectivity index (χ2v) is 4.08. The number of rotatable bonds is 8. The van der Waals surface area contributed by atoms with Gasteiger partial charge in [0.25, 0.3) is 0 Å². The van der Waals surface area contributed by atoms with Crippen LogP contribution in [-0.4, -0.2) is 26.8 Å². The highest BCUT2D eigenvalue weighted by Gasteiger charge is 2.01. The van der Waals surface area contributed by atoms with Crippen molar-refractivity contribution < 1.29 is 9.47 Å². The number of likely N-dealkylation sites (N-methyl/N-ethyl adjacent to an activating group) is 1. The maximum absolute atomic E-state index is 5.64. The molecule has 1 aromatic rings. The normalized spacial score (nSPS) is 10.3. The maximum atomic E-state index is 5.64. The lowest BCUT2D eigenvalue weighted by Gasteiger charge is -2.11. The SMILES string of the molecule is CCCCOc1ccc(OCCNC)c(C)c1. The van der Waals surface area contributed by atoms with E-state index in [0.29, 0.717) is 6.61 Å². The molecule has 1 aromatic carbocycles. The van der Waals surface area contributed by atoms with Gasteiger partial charge in [-0.15, -0.1) is 0 Å². The number of nitrogens with one attached hydrogen (secondary N) is 1. The van der Waals surface area contributed by atoms with Crippen LogP contribution < -0.4 is 14.8 Å². The minimum absolute atomic E-state index is 0.688. The van der Waals surface area contributed by atoms with Crippen molar-refractivity contribution in [2.75, 3.05) is 26.8 Å². The molecular weight excluding hydrogens is 214 g/mol. The molecule has 0 aliphatic rings. The third kappa shape index (κ3) is 5.09. The summed E-state index contributed by atoms with van der Waals surface area (Å²) in [5.74, 6) is 1.86. The molecule has 0 aliphatic carbocycles. The van der Waals surface area contributed by atoms with Crippen LogP contribution in [0.2, 0.25) is 0 Å². The van der Waals surface area contributed by atoms with Crippen molar-refractivity contribution in [3.63, 3.8) is 0 Å². The molecular formula is C14H23NO2. The van der Waals surface area contributed by atoms with Gasteiger partial charge in [-0.05, 0) is 44.2 Å². The van der Waals surface area contributed by atoms with Crippen LogP contribution >= 0.6 is 0 Å². The molecule has 1 N–H and O–H groups in total. The van der Waals surface area contributed by atoms with Crippen LogP contribution in [0.15, 0.2) is 18.2 Å². The topological polar surface area (TPSA) is 30.5 Å². The average Bonchev–Trinajstić information content (AvgIpc) is 2.32. The first-order valence-electron chi connectivity index (χ1n) is 6.28. The molecule has 0 heterocycles. The number of benzene rings is 1.